The third-order valence-corrected chi connectivity index (χ3v) is 2.76. The van der Waals surface area contributed by atoms with Crippen molar-refractivity contribution >= 4 is 5.97 Å². The molecule has 0 heterocycles. The number of carboxylic acid groups (broad SMARTS) is 1. The third kappa shape index (κ3) is 16.4. The van der Waals surface area contributed by atoms with Gasteiger partial charge in [-0.05, 0) is 44.9 Å². The van der Waals surface area contributed by atoms with Gasteiger partial charge in [-0.3, -0.25) is 4.79 Å². The summed E-state index contributed by atoms with van der Waals surface area (Å²) in [5.74, 6) is -0.701. The third-order valence-electron chi connectivity index (χ3n) is 2.76. The Kier molecular flexibility index (Phi) is 14.3. The number of unbranched alkanes of at least 4 members (excludes halogenated alkanes) is 4. The van der Waals surface area contributed by atoms with E-state index in [0.29, 0.717) is 0 Å². The molecule has 2 heteroatoms. The Morgan fingerprint density at radius 2 is 1.30 bits per heavy atom. The normalized spacial score (nSPS) is 12.4. The highest BCUT2D eigenvalue weighted by Gasteiger charge is 1.93. The Hall–Kier alpha value is -1.57. The van der Waals surface area contributed by atoms with E-state index in [0.717, 1.165) is 38.5 Å². The van der Waals surface area contributed by atoms with Crippen molar-refractivity contribution in [3.05, 3.63) is 48.6 Å². The van der Waals surface area contributed by atoms with Crippen molar-refractivity contribution in [1.82, 2.24) is 0 Å². The summed E-state index contributed by atoms with van der Waals surface area (Å²) in [7, 11) is 0. The summed E-state index contributed by atoms with van der Waals surface area (Å²) in [6.45, 7) is 2.13. The zero-order valence-corrected chi connectivity index (χ0v) is 12.6. The molecule has 0 spiro atoms. The smallest absolute Gasteiger partial charge is 0.303 e. The highest BCUT2D eigenvalue weighted by Crippen LogP contribution is 2.02. The van der Waals surface area contributed by atoms with Gasteiger partial charge in [0.15, 0.2) is 0 Å². The van der Waals surface area contributed by atoms with Crippen LogP contribution >= 0.6 is 0 Å². The average molecular weight is 276 g/mol. The molecule has 0 aliphatic heterocycles. The lowest BCUT2D eigenvalue weighted by molar-refractivity contribution is -0.137. The summed E-state index contributed by atoms with van der Waals surface area (Å²) in [5, 5.41) is 8.48. The molecular formula is C18H28O2. The van der Waals surface area contributed by atoms with Gasteiger partial charge in [0, 0.05) is 6.42 Å². The van der Waals surface area contributed by atoms with E-state index >= 15 is 0 Å². The van der Waals surface area contributed by atoms with E-state index in [1.807, 2.05) is 0 Å². The molecule has 0 fully saturated rings. The first kappa shape index (κ1) is 18.4. The van der Waals surface area contributed by atoms with E-state index in [1.165, 1.54) is 6.42 Å². The van der Waals surface area contributed by atoms with Gasteiger partial charge in [0.05, 0.1) is 0 Å². The number of hydrogen-bond acceptors (Lipinski definition) is 1. The Morgan fingerprint density at radius 3 is 1.80 bits per heavy atom. The minimum atomic E-state index is -0.701. The van der Waals surface area contributed by atoms with E-state index in [2.05, 4.69) is 55.5 Å². The van der Waals surface area contributed by atoms with Gasteiger partial charge < -0.3 is 5.11 Å². The van der Waals surface area contributed by atoms with Crippen LogP contribution in [0.5, 0.6) is 0 Å². The van der Waals surface area contributed by atoms with Crippen LogP contribution in [0, 0.1) is 0 Å². The molecule has 0 rings (SSSR count). The van der Waals surface area contributed by atoms with Crippen molar-refractivity contribution in [2.75, 3.05) is 0 Å². The van der Waals surface area contributed by atoms with E-state index < -0.39 is 5.97 Å². The predicted molar refractivity (Wildman–Crippen MR) is 86.8 cm³/mol. The highest BCUT2D eigenvalue weighted by molar-refractivity contribution is 5.66. The number of hydrogen-bond donors (Lipinski definition) is 1. The lowest BCUT2D eigenvalue weighted by Crippen LogP contribution is -1.92. The number of allylic oxidation sites excluding steroid dienone is 8. The molecule has 0 radical (unpaired) electrons. The van der Waals surface area contributed by atoms with E-state index in [9.17, 15) is 4.79 Å². The SMILES string of the molecule is CC/C=C/C=C/CCC/C=C/C=C/CCCCC(=O)O. The summed E-state index contributed by atoms with van der Waals surface area (Å²) in [6.07, 6.45) is 24.5. The maximum atomic E-state index is 10.3. The molecule has 112 valence electrons. The first-order valence-corrected chi connectivity index (χ1v) is 7.62. The summed E-state index contributed by atoms with van der Waals surface area (Å²) in [5.41, 5.74) is 0. The molecule has 20 heavy (non-hydrogen) atoms. The van der Waals surface area contributed by atoms with Crippen LogP contribution in [-0.2, 0) is 4.79 Å². The summed E-state index contributed by atoms with van der Waals surface area (Å²) < 4.78 is 0. The van der Waals surface area contributed by atoms with Gasteiger partial charge in [-0.25, -0.2) is 0 Å². The molecular weight excluding hydrogens is 248 g/mol. The van der Waals surface area contributed by atoms with E-state index in [1.54, 1.807) is 0 Å². The molecule has 0 unspecified atom stereocenters. The fourth-order valence-corrected chi connectivity index (χ4v) is 1.63. The summed E-state index contributed by atoms with van der Waals surface area (Å²) in [4.78, 5) is 10.3. The van der Waals surface area contributed by atoms with Crippen LogP contribution in [0.15, 0.2) is 48.6 Å². The van der Waals surface area contributed by atoms with Gasteiger partial charge >= 0.3 is 5.97 Å². The van der Waals surface area contributed by atoms with Crippen LogP contribution in [0.2, 0.25) is 0 Å². The van der Waals surface area contributed by atoms with Crippen molar-refractivity contribution in [3.63, 3.8) is 0 Å². The number of rotatable bonds is 12. The van der Waals surface area contributed by atoms with Gasteiger partial charge in [0.1, 0.15) is 0 Å². The topological polar surface area (TPSA) is 37.3 Å². The first-order valence-electron chi connectivity index (χ1n) is 7.62. The molecule has 0 aromatic rings. The van der Waals surface area contributed by atoms with Gasteiger partial charge in [0.2, 0.25) is 0 Å². The zero-order chi connectivity index (χ0) is 14.9. The minimum absolute atomic E-state index is 0.282. The second-order valence-electron chi connectivity index (χ2n) is 4.69. The Labute approximate surface area is 123 Å². The lowest BCUT2D eigenvalue weighted by Gasteiger charge is -1.92. The maximum Gasteiger partial charge on any atom is 0.303 e. The second kappa shape index (κ2) is 15.5. The van der Waals surface area contributed by atoms with Crippen LogP contribution < -0.4 is 0 Å². The van der Waals surface area contributed by atoms with Crippen molar-refractivity contribution in [3.8, 4) is 0 Å². The van der Waals surface area contributed by atoms with Crippen LogP contribution in [0.1, 0.15) is 58.3 Å². The monoisotopic (exact) mass is 276 g/mol. The molecule has 1 N–H and O–H groups in total. The summed E-state index contributed by atoms with van der Waals surface area (Å²) in [6, 6.07) is 0. The zero-order valence-electron chi connectivity index (χ0n) is 12.6. The molecule has 0 aliphatic rings. The minimum Gasteiger partial charge on any atom is -0.481 e. The fourth-order valence-electron chi connectivity index (χ4n) is 1.63. The lowest BCUT2D eigenvalue weighted by atomic mass is 10.2. The number of carbonyl (C=O) groups is 1. The fraction of sp³-hybridized carbons (Fsp3) is 0.500. The van der Waals surface area contributed by atoms with Gasteiger partial charge in [-0.1, -0.05) is 55.5 Å². The molecule has 0 aromatic heterocycles. The summed E-state index contributed by atoms with van der Waals surface area (Å²) >= 11 is 0. The average Bonchev–Trinajstić information content (AvgIpc) is 2.43. The van der Waals surface area contributed by atoms with Gasteiger partial charge in [-0.15, -0.1) is 0 Å². The maximum absolute atomic E-state index is 10.3. The van der Waals surface area contributed by atoms with Gasteiger partial charge in [-0.2, -0.15) is 0 Å². The van der Waals surface area contributed by atoms with Gasteiger partial charge in [0.25, 0.3) is 0 Å². The molecule has 0 aromatic carbocycles. The van der Waals surface area contributed by atoms with Crippen LogP contribution in [0.3, 0.4) is 0 Å². The molecule has 0 saturated carbocycles. The molecule has 0 atom stereocenters. The Bertz CT molecular complexity index is 335. The highest BCUT2D eigenvalue weighted by atomic mass is 16.4. The molecule has 0 bridgehead atoms. The number of aliphatic carboxylic acids is 1. The van der Waals surface area contributed by atoms with Crippen molar-refractivity contribution in [2.45, 2.75) is 58.3 Å². The largest absolute Gasteiger partial charge is 0.481 e. The van der Waals surface area contributed by atoms with Crippen molar-refractivity contribution in [1.29, 1.82) is 0 Å². The number of carboxylic acids is 1. The van der Waals surface area contributed by atoms with Crippen LogP contribution in [0.25, 0.3) is 0 Å². The molecule has 0 amide bonds. The first-order chi connectivity index (χ1) is 9.77. The Morgan fingerprint density at radius 1 is 0.800 bits per heavy atom. The molecule has 0 aliphatic carbocycles. The second-order valence-corrected chi connectivity index (χ2v) is 4.69. The quantitative estimate of drug-likeness (QED) is 0.381. The Balaban J connectivity index is 3.36. The molecule has 0 saturated heterocycles. The van der Waals surface area contributed by atoms with Crippen LogP contribution in [-0.4, -0.2) is 11.1 Å². The van der Waals surface area contributed by atoms with Crippen LogP contribution in [0.4, 0.5) is 0 Å². The standard InChI is InChI=1S/C18H28O2/c1-2-3-4-5-6-7-8-9-10-11-12-13-14-15-16-17-18(19)20/h3-6,10-13H,2,7-9,14-17H2,1H3,(H,19,20)/b4-3+,6-5+,11-10+,13-12+. The predicted octanol–water partition coefficient (Wildman–Crippen LogP) is 5.44. The molecule has 2 nitrogen and oxygen atoms in total. The van der Waals surface area contributed by atoms with E-state index in [4.69, 9.17) is 5.11 Å². The van der Waals surface area contributed by atoms with Crippen molar-refractivity contribution in [2.24, 2.45) is 0 Å². The van der Waals surface area contributed by atoms with Crippen molar-refractivity contribution < 1.29 is 9.90 Å². The van der Waals surface area contributed by atoms with E-state index in [-0.39, 0.29) is 6.42 Å².